The number of aliphatic hydroxyl groups is 1. The largest absolute Gasteiger partial charge is 0.384 e. The van der Waals surface area contributed by atoms with Crippen molar-refractivity contribution in [2.24, 2.45) is 4.99 Å². The average molecular weight is 201 g/mol. The SMILES string of the molecule is O[C@]12CCCN=C1c1ccccc1CC2. The summed E-state index contributed by atoms with van der Waals surface area (Å²) in [6.45, 7) is 0.867. The van der Waals surface area contributed by atoms with Gasteiger partial charge in [0, 0.05) is 12.1 Å². The van der Waals surface area contributed by atoms with Gasteiger partial charge in [0.25, 0.3) is 0 Å². The summed E-state index contributed by atoms with van der Waals surface area (Å²) in [5.74, 6) is 0. The number of nitrogens with zero attached hydrogens (tertiary/aromatic N) is 1. The zero-order chi connectivity index (χ0) is 10.3. The maximum Gasteiger partial charge on any atom is 0.107 e. The third-order valence-corrected chi connectivity index (χ3v) is 3.54. The molecule has 0 saturated heterocycles. The van der Waals surface area contributed by atoms with Crippen LogP contribution in [0.25, 0.3) is 0 Å². The molecule has 0 fully saturated rings. The van der Waals surface area contributed by atoms with Crippen LogP contribution in [-0.4, -0.2) is 23.0 Å². The van der Waals surface area contributed by atoms with Gasteiger partial charge < -0.3 is 5.11 Å². The van der Waals surface area contributed by atoms with Gasteiger partial charge in [0.05, 0.1) is 5.71 Å². The second-order valence-electron chi connectivity index (χ2n) is 4.52. The van der Waals surface area contributed by atoms with E-state index in [1.807, 2.05) is 6.07 Å². The van der Waals surface area contributed by atoms with E-state index in [-0.39, 0.29) is 0 Å². The van der Waals surface area contributed by atoms with Gasteiger partial charge in [-0.05, 0) is 31.2 Å². The summed E-state index contributed by atoms with van der Waals surface area (Å²) >= 11 is 0. The topological polar surface area (TPSA) is 32.6 Å². The molecule has 78 valence electrons. The lowest BCUT2D eigenvalue weighted by Gasteiger charge is -2.37. The fraction of sp³-hybridized carbons (Fsp3) is 0.462. The third-order valence-electron chi connectivity index (χ3n) is 3.54. The Morgan fingerprint density at radius 1 is 1.20 bits per heavy atom. The van der Waals surface area contributed by atoms with Crippen LogP contribution in [0.15, 0.2) is 29.3 Å². The van der Waals surface area contributed by atoms with Crippen LogP contribution >= 0.6 is 0 Å². The Labute approximate surface area is 89.7 Å². The van der Waals surface area contributed by atoms with E-state index in [9.17, 15) is 5.11 Å². The molecule has 2 heteroatoms. The first kappa shape index (κ1) is 9.10. The normalized spacial score (nSPS) is 29.0. The van der Waals surface area contributed by atoms with Crippen LogP contribution in [0.4, 0.5) is 0 Å². The van der Waals surface area contributed by atoms with Crippen molar-refractivity contribution < 1.29 is 5.11 Å². The number of aliphatic imine (C=N–C) groups is 1. The van der Waals surface area contributed by atoms with Crippen molar-refractivity contribution in [3.63, 3.8) is 0 Å². The second-order valence-corrected chi connectivity index (χ2v) is 4.52. The molecular formula is C13H15NO. The zero-order valence-corrected chi connectivity index (χ0v) is 8.74. The quantitative estimate of drug-likeness (QED) is 0.683. The van der Waals surface area contributed by atoms with Gasteiger partial charge in [-0.25, -0.2) is 0 Å². The summed E-state index contributed by atoms with van der Waals surface area (Å²) in [5, 5.41) is 10.5. The van der Waals surface area contributed by atoms with E-state index in [0.717, 1.165) is 37.9 Å². The van der Waals surface area contributed by atoms with Crippen molar-refractivity contribution in [2.75, 3.05) is 6.54 Å². The molecule has 1 aromatic carbocycles. The first-order valence-electron chi connectivity index (χ1n) is 5.65. The van der Waals surface area contributed by atoms with Gasteiger partial charge in [-0.3, -0.25) is 4.99 Å². The summed E-state index contributed by atoms with van der Waals surface area (Å²) in [6.07, 6.45) is 3.71. The fourth-order valence-electron chi connectivity index (χ4n) is 2.72. The van der Waals surface area contributed by atoms with Gasteiger partial charge >= 0.3 is 0 Å². The number of hydrogen-bond acceptors (Lipinski definition) is 2. The maximum absolute atomic E-state index is 10.5. The van der Waals surface area contributed by atoms with Crippen molar-refractivity contribution >= 4 is 5.71 Å². The molecule has 0 radical (unpaired) electrons. The van der Waals surface area contributed by atoms with Crippen molar-refractivity contribution in [3.05, 3.63) is 35.4 Å². The first-order chi connectivity index (χ1) is 7.30. The average Bonchev–Trinajstić information content (AvgIpc) is 2.28. The van der Waals surface area contributed by atoms with Crippen molar-refractivity contribution in [3.8, 4) is 0 Å². The highest BCUT2D eigenvalue weighted by atomic mass is 16.3. The number of rotatable bonds is 0. The molecule has 0 saturated carbocycles. The van der Waals surface area contributed by atoms with E-state index in [1.165, 1.54) is 11.1 Å². The van der Waals surface area contributed by atoms with Gasteiger partial charge in [-0.15, -0.1) is 0 Å². The Hall–Kier alpha value is -1.15. The smallest absolute Gasteiger partial charge is 0.107 e. The predicted octanol–water partition coefficient (Wildman–Crippen LogP) is 1.95. The van der Waals surface area contributed by atoms with E-state index < -0.39 is 5.60 Å². The second kappa shape index (κ2) is 3.17. The lowest BCUT2D eigenvalue weighted by molar-refractivity contribution is 0.0843. The van der Waals surface area contributed by atoms with Gasteiger partial charge in [-0.2, -0.15) is 0 Å². The van der Waals surface area contributed by atoms with Gasteiger partial charge in [0.15, 0.2) is 0 Å². The Bertz CT molecular complexity index is 424. The molecule has 1 aliphatic carbocycles. The highest BCUT2D eigenvalue weighted by Crippen LogP contribution is 2.34. The van der Waals surface area contributed by atoms with Crippen molar-refractivity contribution in [1.29, 1.82) is 0 Å². The van der Waals surface area contributed by atoms with Crippen LogP contribution in [0.3, 0.4) is 0 Å². The van der Waals surface area contributed by atoms with Crippen LogP contribution < -0.4 is 0 Å². The number of hydrogen-bond donors (Lipinski definition) is 1. The molecule has 1 heterocycles. The number of fused-ring (bicyclic) bond motifs is 3. The Balaban J connectivity index is 2.16. The molecule has 0 amide bonds. The molecule has 2 aliphatic rings. The fourth-order valence-corrected chi connectivity index (χ4v) is 2.72. The standard InChI is InChI=1S/C13H15NO/c15-13-7-3-9-14-12(13)11-5-2-1-4-10(11)6-8-13/h1-2,4-5,15H,3,6-9H2/t13-/m0/s1. The van der Waals surface area contributed by atoms with Gasteiger partial charge in [0.1, 0.15) is 5.60 Å². The third kappa shape index (κ3) is 1.32. The van der Waals surface area contributed by atoms with Crippen LogP contribution in [0.5, 0.6) is 0 Å². The highest BCUT2D eigenvalue weighted by Gasteiger charge is 2.39. The van der Waals surface area contributed by atoms with E-state index in [4.69, 9.17) is 0 Å². The molecule has 1 atom stereocenters. The summed E-state index contributed by atoms with van der Waals surface area (Å²) < 4.78 is 0. The maximum atomic E-state index is 10.5. The van der Waals surface area contributed by atoms with E-state index in [0.29, 0.717) is 0 Å². The minimum atomic E-state index is -0.632. The van der Waals surface area contributed by atoms with E-state index in [1.54, 1.807) is 0 Å². The summed E-state index contributed by atoms with van der Waals surface area (Å²) in [7, 11) is 0. The van der Waals surface area contributed by atoms with Crippen LogP contribution in [0.2, 0.25) is 0 Å². The number of aryl methyl sites for hydroxylation is 1. The van der Waals surface area contributed by atoms with Gasteiger partial charge in [0.2, 0.25) is 0 Å². The Kier molecular flexibility index (Phi) is 1.93. The molecule has 0 unspecified atom stereocenters. The molecule has 0 aromatic heterocycles. The molecule has 0 bridgehead atoms. The number of benzene rings is 1. The minimum absolute atomic E-state index is 0.632. The lowest BCUT2D eigenvalue weighted by atomic mass is 9.75. The molecule has 15 heavy (non-hydrogen) atoms. The zero-order valence-electron chi connectivity index (χ0n) is 8.74. The lowest BCUT2D eigenvalue weighted by Crippen LogP contribution is -2.45. The summed E-state index contributed by atoms with van der Waals surface area (Å²) in [6, 6.07) is 8.32. The minimum Gasteiger partial charge on any atom is -0.384 e. The first-order valence-corrected chi connectivity index (χ1v) is 5.65. The molecule has 1 aliphatic heterocycles. The van der Waals surface area contributed by atoms with Crippen LogP contribution in [0, 0.1) is 0 Å². The molecule has 2 nitrogen and oxygen atoms in total. The monoisotopic (exact) mass is 201 g/mol. The Morgan fingerprint density at radius 2 is 2.07 bits per heavy atom. The highest BCUT2D eigenvalue weighted by molar-refractivity contribution is 6.08. The Morgan fingerprint density at radius 3 is 3.00 bits per heavy atom. The summed E-state index contributed by atoms with van der Waals surface area (Å²) in [5.41, 5.74) is 2.82. The van der Waals surface area contributed by atoms with Gasteiger partial charge in [-0.1, -0.05) is 24.3 Å². The van der Waals surface area contributed by atoms with Crippen LogP contribution in [0.1, 0.15) is 30.4 Å². The summed E-state index contributed by atoms with van der Waals surface area (Å²) in [4.78, 5) is 4.53. The van der Waals surface area contributed by atoms with Crippen molar-refractivity contribution in [1.82, 2.24) is 0 Å². The molecule has 1 aromatic rings. The molecule has 3 rings (SSSR count). The molecular weight excluding hydrogens is 186 g/mol. The van der Waals surface area contributed by atoms with Crippen LogP contribution in [-0.2, 0) is 6.42 Å². The van der Waals surface area contributed by atoms with E-state index >= 15 is 0 Å². The van der Waals surface area contributed by atoms with E-state index in [2.05, 4.69) is 23.2 Å². The molecule has 1 N–H and O–H groups in total. The van der Waals surface area contributed by atoms with Crippen molar-refractivity contribution in [2.45, 2.75) is 31.3 Å². The molecule has 0 spiro atoms. The predicted molar refractivity (Wildman–Crippen MR) is 60.4 cm³/mol.